The fourth-order valence-electron chi connectivity index (χ4n) is 3.44. The van der Waals surface area contributed by atoms with E-state index in [9.17, 15) is 14.4 Å². The molecule has 3 rings (SSSR count). The smallest absolute Gasteiger partial charge is 0.303 e. The van der Waals surface area contributed by atoms with E-state index in [1.54, 1.807) is 11.9 Å². The van der Waals surface area contributed by atoms with Crippen molar-refractivity contribution in [3.8, 4) is 0 Å². The van der Waals surface area contributed by atoms with E-state index < -0.39 is 11.9 Å². The maximum atomic E-state index is 12.6. The van der Waals surface area contributed by atoms with Crippen LogP contribution >= 0.6 is 0 Å². The second-order valence-corrected chi connectivity index (χ2v) is 6.66. The molecule has 0 aliphatic carbocycles. The zero-order valence-electron chi connectivity index (χ0n) is 14.7. The third kappa shape index (κ3) is 3.69. The number of amides is 2. The standard InChI is InChI=1S/C20H22N2O4/c1-21(11-5-10-19(24)25)20(26)15-12-18(23)22(13-15)17-9-4-7-14-6-2-3-8-16(14)17/h2-4,6-9,15H,5,10-13H2,1H3,(H,24,25). The van der Waals surface area contributed by atoms with Gasteiger partial charge >= 0.3 is 5.97 Å². The molecular weight excluding hydrogens is 332 g/mol. The van der Waals surface area contributed by atoms with Crippen molar-refractivity contribution >= 4 is 34.2 Å². The van der Waals surface area contributed by atoms with Crippen molar-refractivity contribution in [3.05, 3.63) is 42.5 Å². The first-order chi connectivity index (χ1) is 12.5. The van der Waals surface area contributed by atoms with E-state index in [0.29, 0.717) is 19.5 Å². The summed E-state index contributed by atoms with van der Waals surface area (Å²) in [5, 5.41) is 10.7. The van der Waals surface area contributed by atoms with Gasteiger partial charge in [0.15, 0.2) is 0 Å². The van der Waals surface area contributed by atoms with Crippen molar-refractivity contribution in [3.63, 3.8) is 0 Å². The van der Waals surface area contributed by atoms with Crippen molar-refractivity contribution in [1.29, 1.82) is 0 Å². The highest BCUT2D eigenvalue weighted by Crippen LogP contribution is 2.32. The number of carbonyl (C=O) groups excluding carboxylic acids is 2. The average Bonchev–Trinajstić information content (AvgIpc) is 3.01. The Kier molecular flexibility index (Phi) is 5.21. The summed E-state index contributed by atoms with van der Waals surface area (Å²) in [5.74, 6) is -1.43. The number of rotatable bonds is 6. The minimum atomic E-state index is -0.871. The predicted octanol–water partition coefficient (Wildman–Crippen LogP) is 2.52. The van der Waals surface area contributed by atoms with Gasteiger partial charge in [0.25, 0.3) is 0 Å². The van der Waals surface area contributed by atoms with E-state index in [1.165, 1.54) is 4.90 Å². The molecule has 26 heavy (non-hydrogen) atoms. The summed E-state index contributed by atoms with van der Waals surface area (Å²) in [6.07, 6.45) is 0.625. The van der Waals surface area contributed by atoms with Crippen LogP contribution in [-0.2, 0) is 14.4 Å². The summed E-state index contributed by atoms with van der Waals surface area (Å²) in [7, 11) is 1.66. The number of carboxylic acids is 1. The molecule has 6 nitrogen and oxygen atoms in total. The molecule has 1 unspecified atom stereocenters. The van der Waals surface area contributed by atoms with Gasteiger partial charge in [0.2, 0.25) is 11.8 Å². The van der Waals surface area contributed by atoms with E-state index in [-0.39, 0.29) is 24.7 Å². The Morgan fingerprint density at radius 3 is 2.69 bits per heavy atom. The molecular formula is C20H22N2O4. The molecule has 1 aliphatic rings. The Hall–Kier alpha value is -2.89. The number of hydrogen-bond acceptors (Lipinski definition) is 3. The van der Waals surface area contributed by atoms with Gasteiger partial charge in [-0.15, -0.1) is 0 Å². The average molecular weight is 354 g/mol. The maximum Gasteiger partial charge on any atom is 0.303 e. The number of hydrogen-bond donors (Lipinski definition) is 1. The Morgan fingerprint density at radius 2 is 1.92 bits per heavy atom. The number of benzene rings is 2. The number of carbonyl (C=O) groups is 3. The molecule has 0 bridgehead atoms. The lowest BCUT2D eigenvalue weighted by Gasteiger charge is -2.22. The van der Waals surface area contributed by atoms with Crippen molar-refractivity contribution in [2.45, 2.75) is 19.3 Å². The third-order valence-electron chi connectivity index (χ3n) is 4.79. The van der Waals surface area contributed by atoms with Crippen LogP contribution in [0.25, 0.3) is 10.8 Å². The van der Waals surface area contributed by atoms with Crippen LogP contribution in [0.5, 0.6) is 0 Å². The Labute approximate surface area is 152 Å². The molecule has 0 spiro atoms. The van der Waals surface area contributed by atoms with Crippen LogP contribution in [0.4, 0.5) is 5.69 Å². The summed E-state index contributed by atoms with van der Waals surface area (Å²) >= 11 is 0. The van der Waals surface area contributed by atoms with Gasteiger partial charge in [-0.05, 0) is 17.9 Å². The maximum absolute atomic E-state index is 12.6. The predicted molar refractivity (Wildman–Crippen MR) is 98.9 cm³/mol. The summed E-state index contributed by atoms with van der Waals surface area (Å²) in [6, 6.07) is 13.7. The summed E-state index contributed by atoms with van der Waals surface area (Å²) in [5.41, 5.74) is 0.830. The van der Waals surface area contributed by atoms with Crippen molar-refractivity contribution in [2.75, 3.05) is 25.0 Å². The minimum absolute atomic E-state index is 0.0311. The molecule has 2 aromatic rings. The van der Waals surface area contributed by atoms with Crippen LogP contribution in [0.2, 0.25) is 0 Å². The van der Waals surface area contributed by atoms with Gasteiger partial charge in [0, 0.05) is 38.4 Å². The van der Waals surface area contributed by atoms with Gasteiger partial charge in [-0.3, -0.25) is 14.4 Å². The summed E-state index contributed by atoms with van der Waals surface area (Å²) in [6.45, 7) is 0.735. The van der Waals surface area contributed by atoms with E-state index in [4.69, 9.17) is 5.11 Å². The molecule has 1 saturated heterocycles. The van der Waals surface area contributed by atoms with Gasteiger partial charge in [-0.25, -0.2) is 0 Å². The van der Waals surface area contributed by atoms with Crippen LogP contribution in [0, 0.1) is 5.92 Å². The van der Waals surface area contributed by atoms with Crippen molar-refractivity contribution in [1.82, 2.24) is 4.90 Å². The van der Waals surface area contributed by atoms with Gasteiger partial charge in [-0.1, -0.05) is 36.4 Å². The van der Waals surface area contributed by atoms with Crippen LogP contribution in [-0.4, -0.2) is 47.9 Å². The zero-order chi connectivity index (χ0) is 18.7. The van der Waals surface area contributed by atoms with Crippen molar-refractivity contribution in [2.24, 2.45) is 5.92 Å². The third-order valence-corrected chi connectivity index (χ3v) is 4.79. The van der Waals surface area contributed by atoms with E-state index in [2.05, 4.69) is 0 Å². The lowest BCUT2D eigenvalue weighted by molar-refractivity contribution is -0.138. The summed E-state index contributed by atoms with van der Waals surface area (Å²) in [4.78, 5) is 39.0. The fraction of sp³-hybridized carbons (Fsp3) is 0.350. The number of carboxylic acid groups (broad SMARTS) is 1. The highest BCUT2D eigenvalue weighted by atomic mass is 16.4. The van der Waals surface area contributed by atoms with Crippen LogP contribution in [0.3, 0.4) is 0 Å². The first-order valence-corrected chi connectivity index (χ1v) is 8.72. The zero-order valence-corrected chi connectivity index (χ0v) is 14.7. The van der Waals surface area contributed by atoms with Gasteiger partial charge in [0.1, 0.15) is 0 Å². The fourth-order valence-corrected chi connectivity index (χ4v) is 3.44. The monoisotopic (exact) mass is 354 g/mol. The molecule has 136 valence electrons. The molecule has 2 amide bonds. The Morgan fingerprint density at radius 1 is 1.19 bits per heavy atom. The SMILES string of the molecule is CN(CCCC(=O)O)C(=O)C1CC(=O)N(c2cccc3ccccc23)C1. The first-order valence-electron chi connectivity index (χ1n) is 8.72. The normalized spacial score (nSPS) is 16.9. The van der Waals surface area contributed by atoms with Crippen molar-refractivity contribution < 1.29 is 19.5 Å². The Bertz CT molecular complexity index is 843. The number of fused-ring (bicyclic) bond motifs is 1. The second kappa shape index (κ2) is 7.56. The Balaban J connectivity index is 1.72. The number of anilines is 1. The minimum Gasteiger partial charge on any atom is -0.481 e. The lowest BCUT2D eigenvalue weighted by atomic mass is 10.1. The van der Waals surface area contributed by atoms with Crippen LogP contribution < -0.4 is 4.90 Å². The van der Waals surface area contributed by atoms with E-state index >= 15 is 0 Å². The second-order valence-electron chi connectivity index (χ2n) is 6.66. The molecule has 2 aromatic carbocycles. The molecule has 1 N–H and O–H groups in total. The quantitative estimate of drug-likeness (QED) is 0.865. The summed E-state index contributed by atoms with van der Waals surface area (Å²) < 4.78 is 0. The molecule has 1 heterocycles. The lowest BCUT2D eigenvalue weighted by Crippen LogP contribution is -2.35. The largest absolute Gasteiger partial charge is 0.481 e. The molecule has 6 heteroatoms. The molecule has 0 saturated carbocycles. The van der Waals surface area contributed by atoms with Crippen LogP contribution in [0.15, 0.2) is 42.5 Å². The van der Waals surface area contributed by atoms with E-state index in [0.717, 1.165) is 16.5 Å². The molecule has 0 radical (unpaired) electrons. The van der Waals surface area contributed by atoms with Gasteiger partial charge in [-0.2, -0.15) is 0 Å². The molecule has 1 atom stereocenters. The first kappa shape index (κ1) is 17.9. The molecule has 0 aromatic heterocycles. The number of aliphatic carboxylic acids is 1. The van der Waals surface area contributed by atoms with E-state index in [1.807, 2.05) is 42.5 Å². The highest BCUT2D eigenvalue weighted by molar-refractivity contribution is 6.06. The topological polar surface area (TPSA) is 77.9 Å². The molecule has 1 fully saturated rings. The highest BCUT2D eigenvalue weighted by Gasteiger charge is 2.36. The van der Waals surface area contributed by atoms with Gasteiger partial charge < -0.3 is 14.9 Å². The molecule has 1 aliphatic heterocycles. The van der Waals surface area contributed by atoms with Gasteiger partial charge in [0.05, 0.1) is 11.6 Å². The van der Waals surface area contributed by atoms with Crippen LogP contribution in [0.1, 0.15) is 19.3 Å². The number of nitrogens with zero attached hydrogens (tertiary/aromatic N) is 2.